The number of nitrogens with zero attached hydrogens (tertiary/aromatic N) is 10. The van der Waals surface area contributed by atoms with Crippen molar-refractivity contribution in [2.45, 2.75) is 109 Å². The molecule has 0 radical (unpaired) electrons. The number of nitriles is 1. The molecule has 13 aromatic rings. The van der Waals surface area contributed by atoms with E-state index in [1.54, 1.807) is 98.0 Å². The number of allylic oxidation sites excluding steroid dienone is 1. The second kappa shape index (κ2) is 55.5. The molecule has 13 nitrogen and oxygen atoms in total. The van der Waals surface area contributed by atoms with Crippen LogP contribution < -0.4 is 0 Å². The summed E-state index contributed by atoms with van der Waals surface area (Å²) in [6.45, 7) is 21.1. The van der Waals surface area contributed by atoms with Crippen molar-refractivity contribution in [2.75, 3.05) is 6.26 Å². The van der Waals surface area contributed by atoms with Crippen molar-refractivity contribution in [3.63, 3.8) is 0 Å². The van der Waals surface area contributed by atoms with Gasteiger partial charge in [-0.1, -0.05) is 169 Å². The van der Waals surface area contributed by atoms with E-state index in [0.717, 1.165) is 87.8 Å². The van der Waals surface area contributed by atoms with Crippen molar-refractivity contribution in [3.05, 3.63) is 328 Å². The van der Waals surface area contributed by atoms with E-state index in [4.69, 9.17) is 11.7 Å². The van der Waals surface area contributed by atoms with Gasteiger partial charge in [-0.05, 0) is 92.8 Å². The number of hydrogen-bond acceptors (Lipinski definition) is 13. The fourth-order valence-corrected chi connectivity index (χ4v) is 11.3. The van der Waals surface area contributed by atoms with Crippen molar-refractivity contribution in [3.8, 4) is 18.4 Å². The summed E-state index contributed by atoms with van der Waals surface area (Å²) in [5.74, 6) is 2.43. The summed E-state index contributed by atoms with van der Waals surface area (Å²) in [6, 6.07) is 65.0. The molecule has 6 heterocycles. The topological polar surface area (TPSA) is 191 Å². The third kappa shape index (κ3) is 39.4. The van der Waals surface area contributed by atoms with Crippen LogP contribution in [0.25, 0.3) is 38.5 Å². The van der Waals surface area contributed by atoms with E-state index < -0.39 is 65.5 Å². The maximum Gasteiger partial charge on any atom is 0.394 e. The molecule has 1 atom stereocenters. The molecule has 0 fully saturated rings. The van der Waals surface area contributed by atoms with Gasteiger partial charge in [-0.15, -0.1) is 64.0 Å². The second-order valence-corrected chi connectivity index (χ2v) is 27.7. The van der Waals surface area contributed by atoms with Crippen LogP contribution in [0.1, 0.15) is 97.8 Å². The summed E-state index contributed by atoms with van der Waals surface area (Å²) in [5.41, 5.74) is 8.00. The molecule has 6 aromatic heterocycles. The smallest absolute Gasteiger partial charge is 0.371 e. The van der Waals surface area contributed by atoms with Gasteiger partial charge in [0.25, 0.3) is 0 Å². The fraction of sp³-hybridized carbons (Fsp3) is 0.179. The third-order valence-electron chi connectivity index (χ3n) is 14.4. The molecule has 115 heavy (non-hydrogen) atoms. The van der Waals surface area contributed by atoms with Gasteiger partial charge in [0.1, 0.15) is 0 Å². The molecule has 0 spiro atoms. The normalized spacial score (nSPS) is 10.5. The molecule has 0 N–H and O–H groups in total. The van der Waals surface area contributed by atoms with Crippen molar-refractivity contribution in [1.82, 2.24) is 44.9 Å². The predicted octanol–water partition coefficient (Wildman–Crippen LogP) is 18.9. The average Bonchev–Trinajstić information content (AvgIpc) is 0.754. The largest absolute Gasteiger partial charge is 0.394 e. The van der Waals surface area contributed by atoms with Crippen LogP contribution in [0.5, 0.6) is 0 Å². The van der Waals surface area contributed by atoms with Gasteiger partial charge in [0.2, 0.25) is 5.92 Å². The van der Waals surface area contributed by atoms with Crippen LogP contribution in [0, 0.1) is 135 Å². The van der Waals surface area contributed by atoms with Crippen LogP contribution >= 0.6 is 0 Å². The number of hydrogen-bond donors (Lipinski definition) is 0. The molecule has 0 saturated carbocycles. The Balaban J connectivity index is -0.000000604. The summed E-state index contributed by atoms with van der Waals surface area (Å²) in [7, 11) is -5.38. The average molecular weight is 2960 g/mol. The van der Waals surface area contributed by atoms with Gasteiger partial charge in [0.15, 0.2) is 9.84 Å². The Bertz CT molecular complexity index is 5110. The molecule has 31 heteroatoms. The van der Waals surface area contributed by atoms with E-state index in [2.05, 4.69) is 106 Å². The van der Waals surface area contributed by atoms with Crippen molar-refractivity contribution in [1.29, 1.82) is 5.26 Å². The van der Waals surface area contributed by atoms with Crippen LogP contribution in [0.2, 0.25) is 0 Å². The molecule has 0 aliphatic carbocycles. The van der Waals surface area contributed by atoms with Crippen molar-refractivity contribution >= 4 is 63.8 Å². The summed E-state index contributed by atoms with van der Waals surface area (Å²) in [6.07, 6.45) is 10.2. The number of halogens is 8. The molecule has 0 bridgehead atoms. The Hall–Kier alpha value is -6.28. The quantitative estimate of drug-likeness (QED) is 0.0685. The molecule has 0 aliphatic heterocycles. The molecule has 0 saturated heterocycles. The third-order valence-corrected chi connectivity index (χ3v) is 17.6. The number of rotatable bonds is 5. The monoisotopic (exact) mass is 2960 g/mol. The van der Waals surface area contributed by atoms with Crippen LogP contribution in [0.15, 0.2) is 210 Å². The fourth-order valence-electron chi connectivity index (χ4n) is 9.19. The number of terminal acetylenes is 1. The van der Waals surface area contributed by atoms with E-state index in [0.29, 0.717) is 29.9 Å². The molecular formula is C84H72F8N10O3S2W8-8. The van der Waals surface area contributed by atoms with Crippen LogP contribution in [-0.4, -0.2) is 69.6 Å². The Kier molecular flexibility index (Phi) is 55.5. The van der Waals surface area contributed by atoms with Crippen LogP contribution in [0.4, 0.5) is 35.1 Å². The van der Waals surface area contributed by atoms with Gasteiger partial charge < -0.3 is 29.9 Å². The zero-order valence-electron chi connectivity index (χ0n) is 63.7. The zero-order valence-corrected chi connectivity index (χ0v) is 88.8. The summed E-state index contributed by atoms with van der Waals surface area (Å²) in [4.78, 5) is 38.3. The first-order valence-corrected chi connectivity index (χ1v) is 35.5. The minimum atomic E-state index is -5.20. The zero-order chi connectivity index (χ0) is 79.3. The number of sulfone groups is 1. The first kappa shape index (κ1) is 115. The molecule has 0 amide bonds. The standard InChI is InChI=1S/C13H11OS.C12H9F8.C11H11N2.C10H6N.C9H9.C8H5N2.C8H10O2S.C7H4N3.C6H7N2.8W/c1-15(14,12-8-4-2-5-9-12)13-10-6-3-7-11-13;1-5-7(11(15,16)17)4-8(12(18,19)20)6(2)9(5)10(3,13)14;1-7-4-5-10-11(6-7)13-9(3)8(2)12-10;1-3-9-4-8(2)5-10(6-9)7-11;1-8(2)9-6-4-3-5-7-9;1-2-7-6-9-5-3-8(7)10-4-1;1-7-3-5-8(6-4-7)11(2,9)10;1-2-8-5-7-6(1)9-3-4-10-7;1-5-3-6(2)8-4-7-5;;;;;;;;/h2,4-11H,1H2;1-3H3;5-6H,1-3H3;1,4-5H,2H3;4-7H,1H2,2H3;1-2,4-6H;3-6H,1-2H3;2-5H;3H,1-2H3;;;;;;;;/q6*-1;;2*-1;;;;;;;;. The van der Waals surface area contributed by atoms with Gasteiger partial charge in [-0.2, -0.15) is 117 Å². The van der Waals surface area contributed by atoms with Gasteiger partial charge in [0.05, 0.1) is 10.6 Å². The predicted molar refractivity (Wildman–Crippen MR) is 402 cm³/mol. The van der Waals surface area contributed by atoms with Crippen LogP contribution in [-0.2, 0) is 206 Å². The first-order chi connectivity index (χ1) is 50.3. The Morgan fingerprint density at radius 1 is 0.530 bits per heavy atom. The van der Waals surface area contributed by atoms with Gasteiger partial charge >= 0.3 is 12.4 Å². The van der Waals surface area contributed by atoms with E-state index in [9.17, 15) is 47.8 Å². The Labute approximate surface area is 783 Å². The Morgan fingerprint density at radius 3 is 1.48 bits per heavy atom. The molecule has 0 aliphatic rings. The van der Waals surface area contributed by atoms with Crippen molar-refractivity contribution < 1.29 is 216 Å². The molecule has 7 aromatic carbocycles. The minimum Gasteiger partial charge on any atom is -0.371 e. The summed E-state index contributed by atoms with van der Waals surface area (Å²) in [5, 5.41) is 9.56. The number of alkyl halides is 8. The maximum absolute atomic E-state index is 13.4. The number of aromatic nitrogens is 9. The van der Waals surface area contributed by atoms with E-state index in [1.807, 2.05) is 152 Å². The van der Waals surface area contributed by atoms with Crippen molar-refractivity contribution in [2.24, 2.45) is 0 Å². The minimum absolute atomic E-state index is 0. The molecule has 600 valence electrons. The number of benzene rings is 7. The van der Waals surface area contributed by atoms with Gasteiger partial charge in [-0.3, -0.25) is 19.2 Å². The van der Waals surface area contributed by atoms with Gasteiger partial charge in [-0.25, -0.2) is 34.6 Å². The van der Waals surface area contributed by atoms with E-state index in [-0.39, 0.29) is 175 Å². The maximum atomic E-state index is 13.4. The Morgan fingerprint density at radius 2 is 1.02 bits per heavy atom. The SMILES string of the molecule is C#Cc1[c-]c(C#N)cc(C)c1.C=C(C)c1cc[c-]cc1.C=S(=O)(c1cc[c-]cc1)c1ccccc1.Cc1[c-]cc2nc(C)c(C)nc2c1.Cc1c(C(F)(F)F)[c-]c(C(F)(F)F)c(C)c1C(C)(F)F.Cc1cc(C)n[c-]n1.Cc1ccc(S(C)(=O)=O)cc1.[W].[W].[W].[W].[W].[W].[W].[W].[c-]1cncc2cccnc12.[c-]1cncc2nccnc12. The second-order valence-electron chi connectivity index (χ2n) is 23.4. The number of aryl methyl sites for hydroxylation is 7. The molecule has 1 unspecified atom stereocenters. The first-order valence-electron chi connectivity index (χ1n) is 31.9. The summed E-state index contributed by atoms with van der Waals surface area (Å²) < 4.78 is 137. The molecular weight excluding hydrogens is 2880 g/mol. The van der Waals surface area contributed by atoms with Gasteiger partial charge in [0, 0.05) is 227 Å². The number of pyridine rings is 3. The van der Waals surface area contributed by atoms with Crippen LogP contribution in [0.3, 0.4) is 0 Å². The van der Waals surface area contributed by atoms with E-state index in [1.165, 1.54) is 17.9 Å². The van der Waals surface area contributed by atoms with E-state index >= 15 is 0 Å². The number of fused-ring (bicyclic) bond motifs is 3. The summed E-state index contributed by atoms with van der Waals surface area (Å²) >= 11 is 0. The molecule has 13 rings (SSSR count).